The molecular weight excluding hydrogens is 258 g/mol. The van der Waals surface area contributed by atoms with E-state index in [4.69, 9.17) is 10.2 Å². The summed E-state index contributed by atoms with van der Waals surface area (Å²) in [4.78, 5) is 26.1. The first-order valence-electron chi connectivity index (χ1n) is 5.32. The third-order valence-electron chi connectivity index (χ3n) is 2.12. The number of nitrogens with zero attached hydrogens (tertiary/aromatic N) is 1. The SMILES string of the molecule is Cc1nc(CCNC(=O)N[C@H](CO)C(=O)O)cs1. The first kappa shape index (κ1) is 14.4. The molecule has 1 atom stereocenters. The van der Waals surface area contributed by atoms with Crippen LogP contribution >= 0.6 is 11.3 Å². The van der Waals surface area contributed by atoms with Crippen LogP contribution < -0.4 is 10.6 Å². The van der Waals surface area contributed by atoms with Crippen molar-refractivity contribution >= 4 is 23.3 Å². The number of hydrogen-bond donors (Lipinski definition) is 4. The van der Waals surface area contributed by atoms with Crippen LogP contribution in [0.3, 0.4) is 0 Å². The van der Waals surface area contributed by atoms with Crippen molar-refractivity contribution in [3.63, 3.8) is 0 Å². The van der Waals surface area contributed by atoms with Crippen molar-refractivity contribution in [2.75, 3.05) is 13.2 Å². The smallest absolute Gasteiger partial charge is 0.328 e. The number of carbonyl (C=O) groups is 2. The highest BCUT2D eigenvalue weighted by atomic mass is 32.1. The predicted molar refractivity (Wildman–Crippen MR) is 65.6 cm³/mol. The van der Waals surface area contributed by atoms with Crippen LogP contribution in [0.2, 0.25) is 0 Å². The zero-order valence-electron chi connectivity index (χ0n) is 9.84. The van der Waals surface area contributed by atoms with Crippen LogP contribution in [0.25, 0.3) is 0 Å². The molecule has 0 bridgehead atoms. The van der Waals surface area contributed by atoms with Gasteiger partial charge in [0.25, 0.3) is 0 Å². The molecule has 7 nitrogen and oxygen atoms in total. The Hall–Kier alpha value is -1.67. The van der Waals surface area contributed by atoms with Gasteiger partial charge in [-0.2, -0.15) is 0 Å². The quantitative estimate of drug-likeness (QED) is 0.570. The Morgan fingerprint density at radius 1 is 1.56 bits per heavy atom. The van der Waals surface area contributed by atoms with Gasteiger partial charge in [0.15, 0.2) is 6.04 Å². The van der Waals surface area contributed by atoms with E-state index < -0.39 is 24.6 Å². The van der Waals surface area contributed by atoms with Gasteiger partial charge in [0, 0.05) is 18.3 Å². The summed E-state index contributed by atoms with van der Waals surface area (Å²) in [7, 11) is 0. The second-order valence-corrected chi connectivity index (χ2v) is 4.64. The number of aromatic nitrogens is 1. The Bertz CT molecular complexity index is 421. The number of aliphatic carboxylic acids is 1. The summed E-state index contributed by atoms with van der Waals surface area (Å²) in [6, 6.07) is -1.91. The molecule has 0 fully saturated rings. The van der Waals surface area contributed by atoms with Crippen LogP contribution in [-0.4, -0.2) is 46.4 Å². The molecule has 0 aliphatic rings. The summed E-state index contributed by atoms with van der Waals surface area (Å²) in [5.41, 5.74) is 0.884. The zero-order chi connectivity index (χ0) is 13.5. The van der Waals surface area contributed by atoms with Gasteiger partial charge in [0.2, 0.25) is 0 Å². The van der Waals surface area contributed by atoms with Crippen molar-refractivity contribution < 1.29 is 19.8 Å². The van der Waals surface area contributed by atoms with Crippen molar-refractivity contribution in [2.24, 2.45) is 0 Å². The van der Waals surface area contributed by atoms with Crippen LogP contribution in [0.1, 0.15) is 10.7 Å². The normalized spacial score (nSPS) is 11.9. The fourth-order valence-corrected chi connectivity index (χ4v) is 1.87. The maximum Gasteiger partial charge on any atom is 0.328 e. The number of urea groups is 1. The third-order valence-corrected chi connectivity index (χ3v) is 2.94. The summed E-state index contributed by atoms with van der Waals surface area (Å²) in [5, 5.41) is 24.8. The van der Waals surface area contributed by atoms with Crippen molar-refractivity contribution in [2.45, 2.75) is 19.4 Å². The van der Waals surface area contributed by atoms with E-state index in [0.717, 1.165) is 10.7 Å². The Balaban J connectivity index is 2.26. The highest BCUT2D eigenvalue weighted by molar-refractivity contribution is 7.09. The van der Waals surface area contributed by atoms with E-state index in [0.29, 0.717) is 13.0 Å². The number of aliphatic hydroxyl groups excluding tert-OH is 1. The number of hydrogen-bond acceptors (Lipinski definition) is 5. The zero-order valence-corrected chi connectivity index (χ0v) is 10.7. The Kier molecular flexibility index (Phi) is 5.53. The molecule has 4 N–H and O–H groups in total. The largest absolute Gasteiger partial charge is 0.480 e. The number of rotatable bonds is 6. The highest BCUT2D eigenvalue weighted by Crippen LogP contribution is 2.07. The predicted octanol–water partition coefficient (Wildman–Crippen LogP) is -0.261. The first-order valence-corrected chi connectivity index (χ1v) is 6.20. The number of nitrogens with one attached hydrogen (secondary N) is 2. The number of aryl methyl sites for hydroxylation is 1. The van der Waals surface area contributed by atoms with Crippen molar-refractivity contribution in [3.8, 4) is 0 Å². The molecule has 100 valence electrons. The van der Waals surface area contributed by atoms with Gasteiger partial charge in [-0.3, -0.25) is 0 Å². The van der Waals surface area contributed by atoms with Crippen LogP contribution in [0, 0.1) is 6.92 Å². The molecule has 0 aromatic carbocycles. The van der Waals surface area contributed by atoms with Crippen LogP contribution in [-0.2, 0) is 11.2 Å². The summed E-state index contributed by atoms with van der Waals surface area (Å²) in [6.07, 6.45) is 0.578. The highest BCUT2D eigenvalue weighted by Gasteiger charge is 2.18. The van der Waals surface area contributed by atoms with Crippen LogP contribution in [0.5, 0.6) is 0 Å². The Morgan fingerprint density at radius 3 is 2.78 bits per heavy atom. The van der Waals surface area contributed by atoms with E-state index in [1.807, 2.05) is 12.3 Å². The van der Waals surface area contributed by atoms with Gasteiger partial charge >= 0.3 is 12.0 Å². The topological polar surface area (TPSA) is 112 Å². The van der Waals surface area contributed by atoms with E-state index >= 15 is 0 Å². The second-order valence-electron chi connectivity index (χ2n) is 3.58. The molecule has 1 rings (SSSR count). The van der Waals surface area contributed by atoms with Crippen LogP contribution in [0.4, 0.5) is 4.79 Å². The third kappa shape index (κ3) is 4.68. The lowest BCUT2D eigenvalue weighted by Crippen LogP contribution is -2.48. The average Bonchev–Trinajstić information content (AvgIpc) is 2.71. The molecule has 0 saturated heterocycles. The lowest BCUT2D eigenvalue weighted by molar-refractivity contribution is -0.140. The molecule has 0 spiro atoms. The minimum atomic E-state index is -1.29. The van der Waals surface area contributed by atoms with E-state index in [9.17, 15) is 9.59 Å². The number of aliphatic hydroxyl groups is 1. The second kappa shape index (κ2) is 6.92. The fourth-order valence-electron chi connectivity index (χ4n) is 1.22. The molecular formula is C10H15N3O4S. The van der Waals surface area contributed by atoms with Gasteiger partial charge in [-0.05, 0) is 6.92 Å². The maximum absolute atomic E-state index is 11.3. The van der Waals surface area contributed by atoms with Crippen molar-refractivity contribution in [1.82, 2.24) is 15.6 Å². The van der Waals surface area contributed by atoms with Gasteiger partial charge in [0.1, 0.15) is 0 Å². The summed E-state index contributed by atoms with van der Waals surface area (Å²) < 4.78 is 0. The molecule has 0 unspecified atom stereocenters. The molecule has 18 heavy (non-hydrogen) atoms. The number of thiazole rings is 1. The summed E-state index contributed by atoms with van der Waals surface area (Å²) >= 11 is 1.53. The maximum atomic E-state index is 11.3. The molecule has 1 aromatic rings. The van der Waals surface area contributed by atoms with Crippen molar-refractivity contribution in [1.29, 1.82) is 0 Å². The molecule has 0 aliphatic heterocycles. The minimum absolute atomic E-state index is 0.354. The van der Waals surface area contributed by atoms with Gasteiger partial charge in [0.05, 0.1) is 17.3 Å². The summed E-state index contributed by atoms with van der Waals surface area (Å²) in [5.74, 6) is -1.28. The van der Waals surface area contributed by atoms with Crippen molar-refractivity contribution in [3.05, 3.63) is 16.1 Å². The molecule has 8 heteroatoms. The lowest BCUT2D eigenvalue weighted by atomic mass is 10.3. The number of amides is 2. The number of carbonyl (C=O) groups excluding carboxylic acids is 1. The Morgan fingerprint density at radius 2 is 2.28 bits per heavy atom. The standard InChI is InChI=1S/C10H15N3O4S/c1-6-12-7(5-18-6)2-3-11-10(17)13-8(4-14)9(15)16/h5,8,14H,2-4H2,1H3,(H,15,16)(H2,11,13,17)/t8-/m1/s1. The Labute approximate surface area is 108 Å². The minimum Gasteiger partial charge on any atom is -0.480 e. The van der Waals surface area contributed by atoms with Gasteiger partial charge in [-0.25, -0.2) is 14.6 Å². The van der Waals surface area contributed by atoms with E-state index in [2.05, 4.69) is 15.6 Å². The molecule has 1 heterocycles. The molecule has 0 aliphatic carbocycles. The van der Waals surface area contributed by atoms with Gasteiger partial charge in [-0.15, -0.1) is 11.3 Å². The average molecular weight is 273 g/mol. The lowest BCUT2D eigenvalue weighted by Gasteiger charge is -2.12. The molecule has 2 amide bonds. The van der Waals surface area contributed by atoms with Crippen LogP contribution in [0.15, 0.2) is 5.38 Å². The monoisotopic (exact) mass is 273 g/mol. The van der Waals surface area contributed by atoms with Gasteiger partial charge < -0.3 is 20.8 Å². The summed E-state index contributed by atoms with van der Waals surface area (Å²) in [6.45, 7) is 1.60. The van der Waals surface area contributed by atoms with E-state index in [-0.39, 0.29) is 0 Å². The van der Waals surface area contributed by atoms with Gasteiger partial charge in [-0.1, -0.05) is 0 Å². The number of carboxylic acid groups (broad SMARTS) is 1. The van der Waals surface area contributed by atoms with E-state index in [1.54, 1.807) is 0 Å². The first-order chi connectivity index (χ1) is 8.52. The molecule has 1 aromatic heterocycles. The fraction of sp³-hybridized carbons (Fsp3) is 0.500. The molecule has 0 radical (unpaired) electrons. The molecule has 0 saturated carbocycles. The number of carboxylic acids is 1. The van der Waals surface area contributed by atoms with E-state index in [1.165, 1.54) is 11.3 Å².